The monoisotopic (exact) mass is 296 g/mol. The molecule has 120 valence electrons. The first kappa shape index (κ1) is 18.0. The van der Waals surface area contributed by atoms with E-state index in [0.717, 1.165) is 17.9 Å². The van der Waals surface area contributed by atoms with Crippen molar-refractivity contribution in [2.75, 3.05) is 26.4 Å². The topological polar surface area (TPSA) is 47.9 Å². The van der Waals surface area contributed by atoms with Crippen LogP contribution in [0.15, 0.2) is 24.3 Å². The lowest BCUT2D eigenvalue weighted by molar-refractivity contribution is -0.00123. The zero-order valence-electron chi connectivity index (χ0n) is 13.5. The van der Waals surface area contributed by atoms with E-state index in [-0.39, 0.29) is 12.7 Å². The van der Waals surface area contributed by atoms with Gasteiger partial charge in [0.15, 0.2) is 0 Å². The van der Waals surface area contributed by atoms with Crippen LogP contribution in [0.4, 0.5) is 0 Å². The third-order valence-electron chi connectivity index (χ3n) is 2.74. The number of benzene rings is 1. The second-order valence-corrected chi connectivity index (χ2v) is 5.80. The van der Waals surface area contributed by atoms with Crippen LogP contribution >= 0.6 is 0 Å². The Hall–Kier alpha value is -1.10. The van der Waals surface area contributed by atoms with Gasteiger partial charge in [-0.25, -0.2) is 0 Å². The fourth-order valence-electron chi connectivity index (χ4n) is 1.77. The highest BCUT2D eigenvalue weighted by atomic mass is 16.5. The number of hydrogen-bond donors (Lipinski definition) is 1. The van der Waals surface area contributed by atoms with Gasteiger partial charge in [-0.05, 0) is 37.5 Å². The Morgan fingerprint density at radius 2 is 1.48 bits per heavy atom. The summed E-state index contributed by atoms with van der Waals surface area (Å²) in [5.41, 5.74) is 0.828. The van der Waals surface area contributed by atoms with Crippen LogP contribution in [-0.4, -0.2) is 37.6 Å². The average molecular weight is 296 g/mol. The highest BCUT2D eigenvalue weighted by Gasteiger charge is 2.08. The Kier molecular flexibility index (Phi) is 8.35. The van der Waals surface area contributed by atoms with Gasteiger partial charge in [-0.2, -0.15) is 0 Å². The summed E-state index contributed by atoms with van der Waals surface area (Å²) in [6.45, 7) is 10.3. The SMILES string of the molecule is CC(C)COCCOCC(O)c1ccc(OC(C)C)cc1. The smallest absolute Gasteiger partial charge is 0.119 e. The molecule has 1 atom stereocenters. The highest BCUT2D eigenvalue weighted by molar-refractivity contribution is 5.28. The van der Waals surface area contributed by atoms with Crippen molar-refractivity contribution in [3.8, 4) is 5.75 Å². The fraction of sp³-hybridized carbons (Fsp3) is 0.647. The predicted molar refractivity (Wildman–Crippen MR) is 83.6 cm³/mol. The molecule has 21 heavy (non-hydrogen) atoms. The fourth-order valence-corrected chi connectivity index (χ4v) is 1.77. The summed E-state index contributed by atoms with van der Waals surface area (Å²) in [4.78, 5) is 0. The number of aliphatic hydroxyl groups is 1. The molecule has 4 heteroatoms. The van der Waals surface area contributed by atoms with Crippen molar-refractivity contribution in [1.29, 1.82) is 0 Å². The molecule has 4 nitrogen and oxygen atoms in total. The van der Waals surface area contributed by atoms with Gasteiger partial charge >= 0.3 is 0 Å². The maximum Gasteiger partial charge on any atom is 0.119 e. The van der Waals surface area contributed by atoms with Crippen molar-refractivity contribution in [2.24, 2.45) is 5.92 Å². The van der Waals surface area contributed by atoms with Crippen LogP contribution in [0.25, 0.3) is 0 Å². The summed E-state index contributed by atoms with van der Waals surface area (Å²) in [7, 11) is 0. The minimum Gasteiger partial charge on any atom is -0.491 e. The Morgan fingerprint density at radius 3 is 2.00 bits per heavy atom. The molecule has 0 fully saturated rings. The predicted octanol–water partition coefficient (Wildman–Crippen LogP) is 3.20. The molecule has 0 heterocycles. The van der Waals surface area contributed by atoms with Crippen LogP contribution in [0.3, 0.4) is 0 Å². The molecule has 0 amide bonds. The van der Waals surface area contributed by atoms with Crippen molar-refractivity contribution in [2.45, 2.75) is 39.9 Å². The summed E-state index contributed by atoms with van der Waals surface area (Å²) in [6.07, 6.45) is -0.474. The molecular formula is C17H28O4. The minimum absolute atomic E-state index is 0.148. The first-order valence-electron chi connectivity index (χ1n) is 7.59. The molecule has 1 unspecified atom stereocenters. The van der Waals surface area contributed by atoms with E-state index < -0.39 is 6.10 Å². The Labute approximate surface area is 128 Å². The number of ether oxygens (including phenoxy) is 3. The molecule has 0 bridgehead atoms. The standard InChI is InChI=1S/C17H28O4/c1-13(2)11-19-9-10-20-12-17(18)15-5-7-16(8-6-15)21-14(3)4/h5-8,13-14,17-18H,9-12H2,1-4H3. The molecular weight excluding hydrogens is 268 g/mol. The molecule has 1 rings (SSSR count). The van der Waals surface area contributed by atoms with Crippen LogP contribution in [0, 0.1) is 5.92 Å². The van der Waals surface area contributed by atoms with Gasteiger partial charge in [0.2, 0.25) is 0 Å². The van der Waals surface area contributed by atoms with E-state index in [1.54, 1.807) is 0 Å². The van der Waals surface area contributed by atoms with Crippen LogP contribution < -0.4 is 4.74 Å². The zero-order valence-corrected chi connectivity index (χ0v) is 13.5. The second-order valence-electron chi connectivity index (χ2n) is 5.80. The minimum atomic E-state index is -0.622. The Balaban J connectivity index is 2.24. The number of aliphatic hydroxyl groups excluding tert-OH is 1. The summed E-state index contributed by atoms with van der Waals surface area (Å²) in [5, 5.41) is 10.0. The number of hydrogen-bond acceptors (Lipinski definition) is 4. The van der Waals surface area contributed by atoms with E-state index >= 15 is 0 Å². The third-order valence-corrected chi connectivity index (χ3v) is 2.74. The lowest BCUT2D eigenvalue weighted by Crippen LogP contribution is -2.13. The molecule has 0 aromatic heterocycles. The first-order valence-corrected chi connectivity index (χ1v) is 7.59. The molecule has 0 aliphatic rings. The first-order chi connectivity index (χ1) is 9.99. The molecule has 0 aliphatic carbocycles. The van der Waals surface area contributed by atoms with E-state index in [4.69, 9.17) is 14.2 Å². The lowest BCUT2D eigenvalue weighted by atomic mass is 10.1. The summed E-state index contributed by atoms with van der Waals surface area (Å²) in [6, 6.07) is 7.45. The van der Waals surface area contributed by atoms with Crippen LogP contribution in [0.5, 0.6) is 5.75 Å². The summed E-state index contributed by atoms with van der Waals surface area (Å²) in [5.74, 6) is 1.34. The van der Waals surface area contributed by atoms with E-state index in [2.05, 4.69) is 13.8 Å². The summed E-state index contributed by atoms with van der Waals surface area (Å²) >= 11 is 0. The Bertz CT molecular complexity index is 373. The molecule has 0 saturated heterocycles. The molecule has 1 aromatic rings. The largest absolute Gasteiger partial charge is 0.491 e. The van der Waals surface area contributed by atoms with Gasteiger partial charge in [0, 0.05) is 6.61 Å². The summed E-state index contributed by atoms with van der Waals surface area (Å²) < 4.78 is 16.4. The van der Waals surface area contributed by atoms with Gasteiger partial charge in [-0.3, -0.25) is 0 Å². The molecule has 0 spiro atoms. The molecule has 0 aliphatic heterocycles. The third kappa shape index (κ3) is 8.05. The maximum atomic E-state index is 10.0. The molecule has 1 N–H and O–H groups in total. The van der Waals surface area contributed by atoms with E-state index in [0.29, 0.717) is 19.1 Å². The van der Waals surface area contributed by atoms with Crippen LogP contribution in [0.2, 0.25) is 0 Å². The van der Waals surface area contributed by atoms with E-state index in [9.17, 15) is 5.11 Å². The Morgan fingerprint density at radius 1 is 0.905 bits per heavy atom. The van der Waals surface area contributed by atoms with Gasteiger partial charge in [0.1, 0.15) is 11.9 Å². The zero-order chi connectivity index (χ0) is 15.7. The van der Waals surface area contributed by atoms with Crippen LogP contribution in [0.1, 0.15) is 39.4 Å². The van der Waals surface area contributed by atoms with Crippen molar-refractivity contribution >= 4 is 0 Å². The second kappa shape index (κ2) is 9.77. The average Bonchev–Trinajstić information content (AvgIpc) is 2.42. The molecule has 1 aromatic carbocycles. The van der Waals surface area contributed by atoms with Gasteiger partial charge in [0.25, 0.3) is 0 Å². The van der Waals surface area contributed by atoms with Gasteiger partial charge in [0.05, 0.1) is 25.9 Å². The van der Waals surface area contributed by atoms with Crippen molar-refractivity contribution < 1.29 is 19.3 Å². The quantitative estimate of drug-likeness (QED) is 0.674. The van der Waals surface area contributed by atoms with Crippen molar-refractivity contribution in [3.05, 3.63) is 29.8 Å². The highest BCUT2D eigenvalue weighted by Crippen LogP contribution is 2.19. The van der Waals surface area contributed by atoms with E-state index in [1.807, 2.05) is 38.1 Å². The number of rotatable bonds is 10. The molecule has 0 radical (unpaired) electrons. The van der Waals surface area contributed by atoms with E-state index in [1.165, 1.54) is 0 Å². The maximum absolute atomic E-state index is 10.0. The van der Waals surface area contributed by atoms with Gasteiger partial charge < -0.3 is 19.3 Å². The molecule has 0 saturated carbocycles. The van der Waals surface area contributed by atoms with Gasteiger partial charge in [-0.15, -0.1) is 0 Å². The van der Waals surface area contributed by atoms with Crippen LogP contribution in [-0.2, 0) is 9.47 Å². The van der Waals surface area contributed by atoms with Crippen molar-refractivity contribution in [3.63, 3.8) is 0 Å². The normalized spacial score (nSPS) is 12.9. The lowest BCUT2D eigenvalue weighted by Gasteiger charge is -2.14. The van der Waals surface area contributed by atoms with Gasteiger partial charge in [-0.1, -0.05) is 26.0 Å². The van der Waals surface area contributed by atoms with Crippen molar-refractivity contribution in [1.82, 2.24) is 0 Å².